The predicted octanol–water partition coefficient (Wildman–Crippen LogP) is 5.06. The second-order valence-electron chi connectivity index (χ2n) is 8.08. The Morgan fingerprint density at radius 2 is 1.71 bits per heavy atom. The average Bonchev–Trinajstić information content (AvgIpc) is 2.46. The first kappa shape index (κ1) is 16.5. The van der Waals surface area contributed by atoms with Crippen LogP contribution in [0.2, 0.25) is 0 Å². The second-order valence-corrected chi connectivity index (χ2v) is 8.08. The van der Waals surface area contributed by atoms with E-state index in [1.807, 2.05) is 0 Å². The lowest BCUT2D eigenvalue weighted by molar-refractivity contribution is 0.0866. The molecule has 0 spiro atoms. The zero-order valence-electron chi connectivity index (χ0n) is 14.4. The zero-order chi connectivity index (χ0) is 15.3. The molecule has 118 valence electrons. The third-order valence-electron chi connectivity index (χ3n) is 5.44. The van der Waals surface area contributed by atoms with Crippen LogP contribution < -0.4 is 5.32 Å². The van der Waals surface area contributed by atoms with Crippen molar-refractivity contribution in [3.8, 4) is 0 Å². The molecule has 1 heteroatoms. The number of hydrogen-bond acceptors (Lipinski definition) is 1. The molecular formula is C20H33N. The highest BCUT2D eigenvalue weighted by molar-refractivity contribution is 5.17. The van der Waals surface area contributed by atoms with Gasteiger partial charge in [-0.2, -0.15) is 0 Å². The van der Waals surface area contributed by atoms with Gasteiger partial charge in [0.05, 0.1) is 0 Å². The lowest BCUT2D eigenvalue weighted by Crippen LogP contribution is -2.41. The maximum atomic E-state index is 3.63. The molecule has 1 aliphatic carbocycles. The normalized spacial score (nSPS) is 26.8. The van der Waals surface area contributed by atoms with E-state index in [4.69, 9.17) is 0 Å². The van der Waals surface area contributed by atoms with Gasteiger partial charge < -0.3 is 5.32 Å². The van der Waals surface area contributed by atoms with Crippen LogP contribution in [0.15, 0.2) is 30.3 Å². The van der Waals surface area contributed by atoms with E-state index < -0.39 is 0 Å². The molecule has 1 aliphatic rings. The Kier molecular flexibility index (Phi) is 5.48. The van der Waals surface area contributed by atoms with Crippen molar-refractivity contribution in [1.29, 1.82) is 0 Å². The fourth-order valence-corrected chi connectivity index (χ4v) is 3.93. The van der Waals surface area contributed by atoms with E-state index in [2.05, 4.69) is 63.3 Å². The van der Waals surface area contributed by atoms with Crippen LogP contribution in [0.5, 0.6) is 0 Å². The number of nitrogens with one attached hydrogen (secondary N) is 1. The van der Waals surface area contributed by atoms with Crippen LogP contribution in [0.4, 0.5) is 0 Å². The average molecular weight is 287 g/mol. The third kappa shape index (κ3) is 4.57. The largest absolute Gasteiger partial charge is 0.316 e. The second kappa shape index (κ2) is 6.96. The summed E-state index contributed by atoms with van der Waals surface area (Å²) >= 11 is 0. The van der Waals surface area contributed by atoms with Gasteiger partial charge in [-0.1, -0.05) is 58.0 Å². The number of benzene rings is 1. The summed E-state index contributed by atoms with van der Waals surface area (Å²) in [5, 5.41) is 3.63. The summed E-state index contributed by atoms with van der Waals surface area (Å²) in [6, 6.07) is 11.1. The van der Waals surface area contributed by atoms with Crippen LogP contribution in [-0.4, -0.2) is 13.1 Å². The molecule has 21 heavy (non-hydrogen) atoms. The molecule has 0 radical (unpaired) electrons. The lowest BCUT2D eigenvalue weighted by atomic mass is 9.62. The Morgan fingerprint density at radius 1 is 1.10 bits per heavy atom. The zero-order valence-corrected chi connectivity index (χ0v) is 14.4. The molecule has 1 aromatic carbocycles. The maximum absolute atomic E-state index is 3.63. The minimum Gasteiger partial charge on any atom is -0.316 e. The Hall–Kier alpha value is -0.820. The SMILES string of the molecule is CCNCC1(Cc2ccccc2)CCC(C(C)(C)C)CC1. The lowest BCUT2D eigenvalue weighted by Gasteiger charge is -2.44. The quantitative estimate of drug-likeness (QED) is 0.798. The highest BCUT2D eigenvalue weighted by Crippen LogP contribution is 2.46. The van der Waals surface area contributed by atoms with Gasteiger partial charge in [-0.3, -0.25) is 0 Å². The molecule has 0 atom stereocenters. The van der Waals surface area contributed by atoms with Crippen molar-refractivity contribution in [2.45, 2.75) is 59.8 Å². The standard InChI is InChI=1S/C20H33N/c1-5-21-16-20(15-17-9-7-6-8-10-17)13-11-18(12-14-20)19(2,3)4/h6-10,18,21H,5,11-16H2,1-4H3. The highest BCUT2D eigenvalue weighted by atomic mass is 14.9. The van der Waals surface area contributed by atoms with E-state index in [-0.39, 0.29) is 0 Å². The van der Waals surface area contributed by atoms with Crippen molar-refractivity contribution in [3.05, 3.63) is 35.9 Å². The van der Waals surface area contributed by atoms with Crippen LogP contribution >= 0.6 is 0 Å². The van der Waals surface area contributed by atoms with Crippen LogP contribution in [0.1, 0.15) is 58.9 Å². The van der Waals surface area contributed by atoms with Crippen molar-refractivity contribution in [2.24, 2.45) is 16.7 Å². The van der Waals surface area contributed by atoms with Gasteiger partial charge in [0.25, 0.3) is 0 Å². The van der Waals surface area contributed by atoms with Crippen molar-refractivity contribution < 1.29 is 0 Å². The summed E-state index contributed by atoms with van der Waals surface area (Å²) in [5.41, 5.74) is 2.44. The monoisotopic (exact) mass is 287 g/mol. The summed E-state index contributed by atoms with van der Waals surface area (Å²) in [7, 11) is 0. The molecule has 0 amide bonds. The topological polar surface area (TPSA) is 12.0 Å². The predicted molar refractivity (Wildman–Crippen MR) is 92.5 cm³/mol. The van der Waals surface area contributed by atoms with Crippen LogP contribution in [0.25, 0.3) is 0 Å². The summed E-state index contributed by atoms with van der Waals surface area (Å²) in [4.78, 5) is 0. The van der Waals surface area contributed by atoms with Gasteiger partial charge in [-0.15, -0.1) is 0 Å². The van der Waals surface area contributed by atoms with Crippen LogP contribution in [0.3, 0.4) is 0 Å². The first-order valence-electron chi connectivity index (χ1n) is 8.70. The maximum Gasteiger partial charge on any atom is 0.00109 e. The van der Waals surface area contributed by atoms with Gasteiger partial charge in [0.15, 0.2) is 0 Å². The van der Waals surface area contributed by atoms with Gasteiger partial charge in [-0.25, -0.2) is 0 Å². The fourth-order valence-electron chi connectivity index (χ4n) is 3.93. The van der Waals surface area contributed by atoms with Crippen molar-refractivity contribution >= 4 is 0 Å². The Labute approximate surface area is 131 Å². The molecule has 0 bridgehead atoms. The summed E-state index contributed by atoms with van der Waals surface area (Å²) in [5.74, 6) is 0.892. The molecule has 0 aromatic heterocycles. The van der Waals surface area contributed by atoms with Crippen molar-refractivity contribution in [3.63, 3.8) is 0 Å². The van der Waals surface area contributed by atoms with Crippen molar-refractivity contribution in [1.82, 2.24) is 5.32 Å². The van der Waals surface area contributed by atoms with Gasteiger partial charge in [0.1, 0.15) is 0 Å². The Morgan fingerprint density at radius 3 is 2.24 bits per heavy atom. The molecule has 1 saturated carbocycles. The smallest absolute Gasteiger partial charge is 0.00109 e. The summed E-state index contributed by atoms with van der Waals surface area (Å²) in [6.45, 7) is 11.7. The molecule has 0 aliphatic heterocycles. The number of rotatable bonds is 5. The Balaban J connectivity index is 2.05. The molecule has 0 saturated heterocycles. The molecule has 0 heterocycles. The number of hydrogen-bond donors (Lipinski definition) is 1. The minimum absolute atomic E-state index is 0.469. The molecule has 1 fully saturated rings. The highest BCUT2D eigenvalue weighted by Gasteiger charge is 2.38. The van der Waals surface area contributed by atoms with Crippen molar-refractivity contribution in [2.75, 3.05) is 13.1 Å². The first-order chi connectivity index (χ1) is 9.95. The van der Waals surface area contributed by atoms with E-state index in [1.165, 1.54) is 44.2 Å². The molecule has 1 aromatic rings. The summed E-state index contributed by atoms with van der Waals surface area (Å²) in [6.07, 6.45) is 6.76. The fraction of sp³-hybridized carbons (Fsp3) is 0.700. The van der Waals surface area contributed by atoms with E-state index in [0.717, 1.165) is 12.5 Å². The summed E-state index contributed by atoms with van der Waals surface area (Å²) < 4.78 is 0. The van der Waals surface area contributed by atoms with E-state index in [9.17, 15) is 0 Å². The Bertz CT molecular complexity index is 407. The van der Waals surface area contributed by atoms with Gasteiger partial charge >= 0.3 is 0 Å². The van der Waals surface area contributed by atoms with Gasteiger partial charge in [0.2, 0.25) is 0 Å². The third-order valence-corrected chi connectivity index (χ3v) is 5.44. The van der Waals surface area contributed by atoms with E-state index >= 15 is 0 Å². The molecule has 1 N–H and O–H groups in total. The minimum atomic E-state index is 0.469. The molecular weight excluding hydrogens is 254 g/mol. The van der Waals surface area contributed by atoms with Gasteiger partial charge in [0, 0.05) is 6.54 Å². The van der Waals surface area contributed by atoms with Crippen LogP contribution in [0, 0.1) is 16.7 Å². The molecule has 0 unspecified atom stereocenters. The van der Waals surface area contributed by atoms with E-state index in [0.29, 0.717) is 10.8 Å². The van der Waals surface area contributed by atoms with Crippen LogP contribution in [-0.2, 0) is 6.42 Å². The first-order valence-corrected chi connectivity index (χ1v) is 8.70. The van der Waals surface area contributed by atoms with E-state index in [1.54, 1.807) is 0 Å². The molecule has 2 rings (SSSR count). The van der Waals surface area contributed by atoms with Gasteiger partial charge in [-0.05, 0) is 61.0 Å². The molecule has 1 nitrogen and oxygen atoms in total.